The number of benzene rings is 3. The lowest BCUT2D eigenvalue weighted by Gasteiger charge is -2.45. The van der Waals surface area contributed by atoms with Crippen molar-refractivity contribution < 1.29 is 48.1 Å². The third-order valence-electron chi connectivity index (χ3n) is 16.0. The Labute approximate surface area is 484 Å². The molecule has 2 unspecified atom stereocenters. The summed E-state index contributed by atoms with van der Waals surface area (Å²) < 4.78 is 20.7. The van der Waals surface area contributed by atoms with Crippen molar-refractivity contribution in [1.29, 1.82) is 0 Å². The quantitative estimate of drug-likeness (QED) is 0.0290. The molecule has 3 aromatic carbocycles. The minimum absolute atomic E-state index is 0.114. The van der Waals surface area contributed by atoms with Gasteiger partial charge in [-0.3, -0.25) is 34.2 Å². The first-order valence-corrected chi connectivity index (χ1v) is 28.1. The van der Waals surface area contributed by atoms with Crippen molar-refractivity contribution >= 4 is 69.2 Å². The van der Waals surface area contributed by atoms with E-state index in [2.05, 4.69) is 54.8 Å². The minimum Gasteiger partial charge on any atom is -0.495 e. The normalized spacial score (nSPS) is 17.6. The first kappa shape index (κ1) is 58.3. The molecule has 9 N–H and O–H groups in total. The van der Waals surface area contributed by atoms with Crippen LogP contribution in [0, 0.1) is 11.8 Å². The van der Waals surface area contributed by atoms with Crippen molar-refractivity contribution in [3.63, 3.8) is 0 Å². The highest BCUT2D eigenvalue weighted by molar-refractivity contribution is 6.06. The highest BCUT2D eigenvalue weighted by atomic mass is 16.6. The Morgan fingerprint density at radius 2 is 1.70 bits per heavy atom. The highest BCUT2D eigenvalue weighted by Crippen LogP contribution is 2.44. The number of hydrogen-bond donors (Lipinski definition) is 8. The Morgan fingerprint density at radius 3 is 2.42 bits per heavy atom. The van der Waals surface area contributed by atoms with Crippen LogP contribution in [0.3, 0.4) is 0 Å². The van der Waals surface area contributed by atoms with Gasteiger partial charge in [-0.25, -0.2) is 19.6 Å². The summed E-state index contributed by atoms with van der Waals surface area (Å²) in [5.41, 5.74) is 8.96. The Bertz CT molecular complexity index is 3580. The van der Waals surface area contributed by atoms with Crippen molar-refractivity contribution in [2.24, 2.45) is 12.8 Å². The van der Waals surface area contributed by atoms with Crippen molar-refractivity contribution in [1.82, 2.24) is 51.0 Å². The van der Waals surface area contributed by atoms with Gasteiger partial charge in [-0.2, -0.15) is 0 Å². The number of methoxy groups -OCH3 is 1. The molecular formula is C60H69N13O11. The number of amides is 7. The van der Waals surface area contributed by atoms with Crippen LogP contribution in [-0.4, -0.2) is 155 Å². The van der Waals surface area contributed by atoms with Gasteiger partial charge in [0.05, 0.1) is 56.2 Å². The third kappa shape index (κ3) is 13.3. The zero-order chi connectivity index (χ0) is 59.1. The molecule has 2 atom stereocenters. The summed E-state index contributed by atoms with van der Waals surface area (Å²) in [4.78, 5) is 107. The average Bonchev–Trinajstić information content (AvgIpc) is 2.12. The number of likely N-dealkylation sites (tertiary alicyclic amines) is 1. The predicted octanol–water partition coefficient (Wildman–Crippen LogP) is 3.54. The summed E-state index contributed by atoms with van der Waals surface area (Å²) in [6, 6.07) is 21.4. The smallest absolute Gasteiger partial charge is 0.405 e. The van der Waals surface area contributed by atoms with Gasteiger partial charge in [-0.15, -0.1) is 0 Å². The molecule has 6 aromatic rings. The standard InChI is InChI=1S/C60H69N13O11/c1-59(65-23-7-8-37-11-16-48(82-3)47(30-37)73-27-20-50(75)68-57(73)79)21-28-71(29-22-59)40-18-25-72(26-19-40)56-66-45-15-12-38(44-34-70(2)55(78)52-42(44)17-24-62-52)31-43(45)53(69-56)60(84-41-13-14-41,39-9-5-4-6-10-39)35-83-36-64-51(76)33-63-54(77)46(32-49(61)74)67-58(80)81/h4-6,9-12,15-17,24,30-31,34,40-41,46,62,65,67H,13-14,18-23,25-29,32-33,35-36H2,1-3H3,(H2,61,74)(H,63,77)(H,64,76)(H,80,81)(H,68,75,79). The van der Waals surface area contributed by atoms with Crippen molar-refractivity contribution in [2.75, 3.05) is 76.1 Å². The van der Waals surface area contributed by atoms with E-state index in [4.69, 9.17) is 29.9 Å². The molecule has 10 rings (SSSR count). The van der Waals surface area contributed by atoms with Crippen LogP contribution in [0.4, 0.5) is 21.2 Å². The molecule has 0 radical (unpaired) electrons. The number of rotatable bonds is 21. The predicted molar refractivity (Wildman–Crippen MR) is 312 cm³/mol. The maximum absolute atomic E-state index is 13.2. The van der Waals surface area contributed by atoms with E-state index < -0.39 is 54.5 Å². The summed E-state index contributed by atoms with van der Waals surface area (Å²) in [5, 5.41) is 23.6. The van der Waals surface area contributed by atoms with Crippen molar-refractivity contribution in [2.45, 2.75) is 87.6 Å². The molecule has 0 spiro atoms. The van der Waals surface area contributed by atoms with Crippen LogP contribution < -0.4 is 52.4 Å². The molecule has 24 nitrogen and oxygen atoms in total. The summed E-state index contributed by atoms with van der Waals surface area (Å²) in [7, 11) is 3.26. The molecule has 3 aromatic heterocycles. The molecule has 24 heteroatoms. The minimum atomic E-state index is -1.54. The van der Waals surface area contributed by atoms with Crippen LogP contribution in [0.5, 0.6) is 5.75 Å². The summed E-state index contributed by atoms with van der Waals surface area (Å²) in [5.74, 6) is 4.79. The zero-order valence-electron chi connectivity index (χ0n) is 47.1. The molecule has 6 heterocycles. The fraction of sp³-hybridized carbons (Fsp3) is 0.417. The Hall–Kier alpha value is -8.89. The van der Waals surface area contributed by atoms with Crippen LogP contribution in [0.15, 0.2) is 90.0 Å². The van der Waals surface area contributed by atoms with Crippen LogP contribution in [-0.2, 0) is 41.3 Å². The molecule has 7 amide bonds. The number of pyridine rings is 1. The van der Waals surface area contributed by atoms with Crippen LogP contribution in [0.1, 0.15) is 75.1 Å². The van der Waals surface area contributed by atoms with E-state index in [1.807, 2.05) is 78.2 Å². The summed E-state index contributed by atoms with van der Waals surface area (Å²) in [6.07, 6.45) is 6.74. The number of piperidine rings is 2. The number of nitrogens with two attached hydrogens (primary N) is 1. The van der Waals surface area contributed by atoms with Gasteiger partial charge in [0.1, 0.15) is 24.0 Å². The molecule has 4 aliphatic rings. The highest BCUT2D eigenvalue weighted by Gasteiger charge is 2.45. The van der Waals surface area contributed by atoms with Gasteiger partial charge in [0, 0.05) is 92.1 Å². The molecule has 84 heavy (non-hydrogen) atoms. The number of H-pyrrole nitrogens is 1. The van der Waals surface area contributed by atoms with E-state index >= 15 is 0 Å². The molecule has 3 saturated heterocycles. The number of nitrogens with one attached hydrogen (secondary N) is 6. The van der Waals surface area contributed by atoms with E-state index in [0.29, 0.717) is 65.2 Å². The number of carbonyl (C=O) groups excluding carboxylic acids is 5. The fourth-order valence-electron chi connectivity index (χ4n) is 11.3. The zero-order valence-corrected chi connectivity index (χ0v) is 47.1. The lowest BCUT2D eigenvalue weighted by molar-refractivity contribution is -0.130. The number of nitrogens with zero attached hydrogens (tertiary/aromatic N) is 6. The lowest BCUT2D eigenvalue weighted by atomic mass is 9.87. The number of imide groups is 1. The average molecular weight is 1150 g/mol. The Balaban J connectivity index is 0.864. The number of carboxylic acid groups (broad SMARTS) is 1. The number of hydrogen-bond acceptors (Lipinski definition) is 15. The molecule has 3 aliphatic heterocycles. The van der Waals surface area contributed by atoms with Gasteiger partial charge < -0.3 is 65.7 Å². The maximum Gasteiger partial charge on any atom is 0.405 e. The molecule has 1 aliphatic carbocycles. The number of aromatic nitrogens is 4. The number of carbonyl (C=O) groups is 6. The molecule has 440 valence electrons. The SMILES string of the molecule is COc1ccc(C#CCNC2(C)CCN(C3CCN(c4nc(C(COCNC(=O)CNC(=O)C(CC(N)=O)NC(=O)O)(OC5CC5)c5ccccc5)c5cc(-c6cn(C)c(=O)c7[nH]ccc67)ccc5n4)CC3)CC2)cc1N1CCC(=O)NC1=O. The Kier molecular flexibility index (Phi) is 17.6. The van der Waals surface area contributed by atoms with Crippen LogP contribution >= 0.6 is 0 Å². The number of ether oxygens (including phenoxy) is 3. The van der Waals surface area contributed by atoms with Gasteiger partial charge in [0.2, 0.25) is 29.6 Å². The van der Waals surface area contributed by atoms with Crippen LogP contribution in [0.25, 0.3) is 32.9 Å². The molecule has 4 fully saturated rings. The van der Waals surface area contributed by atoms with Gasteiger partial charge in [-0.1, -0.05) is 48.2 Å². The third-order valence-corrected chi connectivity index (χ3v) is 16.0. The lowest BCUT2D eigenvalue weighted by Crippen LogP contribution is -2.55. The van der Waals surface area contributed by atoms with Crippen LogP contribution in [0.2, 0.25) is 0 Å². The Morgan fingerprint density at radius 1 is 0.929 bits per heavy atom. The second-order valence-electron chi connectivity index (χ2n) is 21.9. The van der Waals surface area contributed by atoms with Gasteiger partial charge in [-0.05, 0) is 93.0 Å². The van der Waals surface area contributed by atoms with E-state index in [1.165, 1.54) is 4.90 Å². The maximum atomic E-state index is 13.2. The number of fused-ring (bicyclic) bond motifs is 2. The second-order valence-corrected chi connectivity index (χ2v) is 21.9. The first-order valence-electron chi connectivity index (χ1n) is 28.1. The number of aryl methyl sites for hydroxylation is 1. The summed E-state index contributed by atoms with van der Waals surface area (Å²) >= 11 is 0. The van der Waals surface area contributed by atoms with Gasteiger partial charge in [0.25, 0.3) is 5.56 Å². The molecular weight excluding hydrogens is 1080 g/mol. The topological polar surface area (TPSA) is 310 Å². The molecule has 0 bridgehead atoms. The van der Waals surface area contributed by atoms with Crippen molar-refractivity contribution in [3.8, 4) is 28.7 Å². The fourth-order valence-corrected chi connectivity index (χ4v) is 11.3. The second kappa shape index (κ2) is 25.3. The van der Waals surface area contributed by atoms with E-state index in [0.717, 1.165) is 79.3 Å². The first-order chi connectivity index (χ1) is 40.5. The number of urea groups is 1. The molecule has 1 saturated carbocycles. The largest absolute Gasteiger partial charge is 0.495 e. The van der Waals surface area contributed by atoms with Crippen molar-refractivity contribution in [3.05, 3.63) is 112 Å². The van der Waals surface area contributed by atoms with E-state index in [-0.39, 0.29) is 49.4 Å². The number of anilines is 2. The summed E-state index contributed by atoms with van der Waals surface area (Å²) in [6.45, 7) is 5.24. The monoisotopic (exact) mass is 1150 g/mol. The number of aromatic amines is 1. The van der Waals surface area contributed by atoms with Gasteiger partial charge in [0.15, 0.2) is 5.60 Å². The van der Waals surface area contributed by atoms with E-state index in [9.17, 15) is 38.7 Å². The van der Waals surface area contributed by atoms with Gasteiger partial charge >= 0.3 is 12.1 Å². The number of primary amides is 1. The van der Waals surface area contributed by atoms with E-state index in [1.54, 1.807) is 31.0 Å².